The molecule has 3 N–H and O–H groups in total. The minimum Gasteiger partial charge on any atom is -0.440 e. The molecule has 0 saturated heterocycles. The number of nitrogens with zero attached hydrogens (tertiary/aromatic N) is 1. The molecule has 1 aromatic heterocycles. The molecule has 0 amide bonds. The van der Waals surface area contributed by atoms with Crippen LogP contribution in [0.3, 0.4) is 0 Å². The van der Waals surface area contributed by atoms with Crippen LogP contribution in [-0.4, -0.2) is 25.1 Å². The van der Waals surface area contributed by atoms with Gasteiger partial charge in [-0.3, -0.25) is 0 Å². The van der Waals surface area contributed by atoms with Crippen molar-refractivity contribution in [1.29, 1.82) is 0 Å². The average molecular weight is 445 g/mol. The zero-order valence-corrected chi connectivity index (χ0v) is 17.8. The van der Waals surface area contributed by atoms with Crippen LogP contribution in [0.2, 0.25) is 0 Å². The van der Waals surface area contributed by atoms with Crippen LogP contribution >= 0.6 is 0 Å². The average Bonchev–Trinajstić information content (AvgIpc) is 3.22. The van der Waals surface area contributed by atoms with Gasteiger partial charge in [0, 0.05) is 23.1 Å². The molecule has 0 saturated carbocycles. The van der Waals surface area contributed by atoms with Gasteiger partial charge in [0.25, 0.3) is 0 Å². The molecule has 0 radical (unpaired) electrons. The molecule has 0 fully saturated rings. The van der Waals surface area contributed by atoms with E-state index < -0.39 is 10.0 Å². The Hall–Kier alpha value is -3.70. The number of aromatic nitrogens is 1. The Bertz CT molecular complexity index is 1400. The number of hydrogen-bond donors (Lipinski definition) is 2. The van der Waals surface area contributed by atoms with Crippen molar-refractivity contribution >= 4 is 10.0 Å². The summed E-state index contributed by atoms with van der Waals surface area (Å²) in [6.07, 6.45) is 0.447. The molecule has 0 aliphatic rings. The fourth-order valence-electron chi connectivity index (χ4n) is 3.26. The molecule has 1 heterocycles. The third-order valence-electron chi connectivity index (χ3n) is 4.76. The van der Waals surface area contributed by atoms with Crippen molar-refractivity contribution < 1.29 is 17.9 Å². The number of sulfonamides is 1. The van der Waals surface area contributed by atoms with E-state index in [9.17, 15) is 8.42 Å². The lowest BCUT2D eigenvalue weighted by atomic mass is 10.1. The summed E-state index contributed by atoms with van der Waals surface area (Å²) in [6, 6.07) is 23.5. The van der Waals surface area contributed by atoms with E-state index in [2.05, 4.69) is 11.8 Å². The molecule has 0 bridgehead atoms. The van der Waals surface area contributed by atoms with Gasteiger partial charge in [-0.25, -0.2) is 18.5 Å². The van der Waals surface area contributed by atoms with Gasteiger partial charge in [0.1, 0.15) is 12.3 Å². The number of hydrogen-bond acceptors (Lipinski definition) is 5. The number of nitrogens with two attached hydrogens (primary N) is 1. The topological polar surface area (TPSA) is 106 Å². The number of aliphatic hydroxyl groups is 1. The van der Waals surface area contributed by atoms with Crippen LogP contribution < -0.4 is 5.14 Å². The van der Waals surface area contributed by atoms with Crippen LogP contribution in [0.15, 0.2) is 88.2 Å². The molecule has 0 aliphatic carbocycles. The molecule has 4 aromatic rings. The molecular formula is C25H20N2O4S. The highest BCUT2D eigenvalue weighted by Gasteiger charge is 2.19. The third-order valence-corrected chi connectivity index (χ3v) is 5.68. The molecule has 6 nitrogen and oxygen atoms in total. The lowest BCUT2D eigenvalue weighted by Gasteiger charge is -2.04. The Morgan fingerprint density at radius 1 is 0.938 bits per heavy atom. The van der Waals surface area contributed by atoms with E-state index in [1.54, 1.807) is 12.1 Å². The van der Waals surface area contributed by atoms with Crippen LogP contribution in [0.1, 0.15) is 17.0 Å². The summed E-state index contributed by atoms with van der Waals surface area (Å²) in [6.45, 7) is -0.185. The molecule has 0 spiro atoms. The SMILES string of the molecule is NS(=O)(=O)c1cccc(-c2oc(Cc3ccc(C#CCO)cc3)nc2-c2ccccc2)c1. The fourth-order valence-corrected chi connectivity index (χ4v) is 3.82. The lowest BCUT2D eigenvalue weighted by Crippen LogP contribution is -2.11. The first-order valence-corrected chi connectivity index (χ1v) is 11.4. The summed E-state index contributed by atoms with van der Waals surface area (Å²) in [5.74, 6) is 6.45. The minimum absolute atomic E-state index is 0.00605. The summed E-state index contributed by atoms with van der Waals surface area (Å²) in [4.78, 5) is 4.71. The Morgan fingerprint density at radius 2 is 1.66 bits per heavy atom. The van der Waals surface area contributed by atoms with Crippen molar-refractivity contribution in [2.75, 3.05) is 6.61 Å². The van der Waals surface area contributed by atoms with Crippen molar-refractivity contribution in [2.45, 2.75) is 11.3 Å². The molecule has 32 heavy (non-hydrogen) atoms. The first kappa shape index (κ1) is 21.5. The van der Waals surface area contributed by atoms with Crippen molar-refractivity contribution in [3.63, 3.8) is 0 Å². The monoisotopic (exact) mass is 444 g/mol. The maximum atomic E-state index is 11.8. The van der Waals surface area contributed by atoms with Crippen LogP contribution in [0.5, 0.6) is 0 Å². The molecule has 0 unspecified atom stereocenters. The molecular weight excluding hydrogens is 424 g/mol. The highest BCUT2D eigenvalue weighted by Crippen LogP contribution is 2.34. The van der Waals surface area contributed by atoms with Gasteiger partial charge >= 0.3 is 0 Å². The van der Waals surface area contributed by atoms with E-state index in [0.29, 0.717) is 29.3 Å². The Morgan fingerprint density at radius 3 is 2.34 bits per heavy atom. The number of aliphatic hydroxyl groups excluding tert-OH is 1. The van der Waals surface area contributed by atoms with Crippen molar-refractivity contribution in [2.24, 2.45) is 5.14 Å². The second kappa shape index (κ2) is 9.20. The van der Waals surface area contributed by atoms with Gasteiger partial charge in [-0.2, -0.15) is 0 Å². The number of rotatable bonds is 5. The van der Waals surface area contributed by atoms with Crippen LogP contribution in [-0.2, 0) is 16.4 Å². The van der Waals surface area contributed by atoms with Gasteiger partial charge in [-0.1, -0.05) is 66.4 Å². The van der Waals surface area contributed by atoms with Crippen molar-refractivity contribution in [3.05, 3.63) is 95.9 Å². The van der Waals surface area contributed by atoms with Gasteiger partial charge < -0.3 is 9.52 Å². The predicted molar refractivity (Wildman–Crippen MR) is 122 cm³/mol. The molecule has 7 heteroatoms. The van der Waals surface area contributed by atoms with E-state index in [4.69, 9.17) is 19.6 Å². The molecule has 3 aromatic carbocycles. The molecule has 0 aliphatic heterocycles. The Kier molecular flexibility index (Phi) is 6.19. The standard InChI is InChI=1S/C25H20N2O4S/c26-32(29,30)22-10-4-9-21(17-22)25-24(20-7-2-1-3-8-20)27-23(31-25)16-19-13-11-18(12-14-19)6-5-15-28/h1-4,7-14,17,28H,15-16H2,(H2,26,29,30). The zero-order chi connectivity index (χ0) is 22.6. The summed E-state index contributed by atoms with van der Waals surface area (Å²) < 4.78 is 29.8. The molecule has 160 valence electrons. The van der Waals surface area contributed by atoms with E-state index in [0.717, 1.165) is 16.7 Å². The van der Waals surface area contributed by atoms with Gasteiger partial charge in [-0.05, 0) is 29.8 Å². The first-order chi connectivity index (χ1) is 15.4. The zero-order valence-electron chi connectivity index (χ0n) is 17.0. The van der Waals surface area contributed by atoms with Crippen molar-refractivity contribution in [3.8, 4) is 34.4 Å². The van der Waals surface area contributed by atoms with Crippen LogP contribution in [0, 0.1) is 11.8 Å². The van der Waals surface area contributed by atoms with Gasteiger partial charge in [-0.15, -0.1) is 0 Å². The second-order valence-corrected chi connectivity index (χ2v) is 8.62. The summed E-state index contributed by atoms with van der Waals surface area (Å²) >= 11 is 0. The smallest absolute Gasteiger partial charge is 0.238 e. The van der Waals surface area contributed by atoms with Gasteiger partial charge in [0.05, 0.1) is 4.90 Å². The third kappa shape index (κ3) is 4.95. The Balaban J connectivity index is 1.74. The number of oxazole rings is 1. The van der Waals surface area contributed by atoms with Crippen molar-refractivity contribution in [1.82, 2.24) is 4.98 Å². The number of benzene rings is 3. The van der Waals surface area contributed by atoms with E-state index in [1.165, 1.54) is 12.1 Å². The van der Waals surface area contributed by atoms with Gasteiger partial charge in [0.15, 0.2) is 11.7 Å². The minimum atomic E-state index is -3.85. The van der Waals surface area contributed by atoms with Crippen LogP contribution in [0.4, 0.5) is 0 Å². The fraction of sp³-hybridized carbons (Fsp3) is 0.0800. The lowest BCUT2D eigenvalue weighted by molar-refractivity contribution is 0.350. The molecule has 4 rings (SSSR count). The van der Waals surface area contributed by atoms with Crippen LogP contribution in [0.25, 0.3) is 22.6 Å². The Labute approximate surface area is 186 Å². The van der Waals surface area contributed by atoms with E-state index >= 15 is 0 Å². The quantitative estimate of drug-likeness (QED) is 0.458. The summed E-state index contributed by atoms with van der Waals surface area (Å²) in [5, 5.41) is 14.1. The maximum Gasteiger partial charge on any atom is 0.238 e. The van der Waals surface area contributed by atoms with Gasteiger partial charge in [0.2, 0.25) is 10.0 Å². The normalized spacial score (nSPS) is 11.1. The van der Waals surface area contributed by atoms with E-state index in [-0.39, 0.29) is 11.5 Å². The first-order valence-electron chi connectivity index (χ1n) is 9.81. The largest absolute Gasteiger partial charge is 0.440 e. The number of primary sulfonamides is 1. The second-order valence-electron chi connectivity index (χ2n) is 7.06. The maximum absolute atomic E-state index is 11.8. The predicted octanol–water partition coefficient (Wildman–Crippen LogP) is 3.59. The molecule has 0 atom stereocenters. The summed E-state index contributed by atoms with van der Waals surface area (Å²) in [7, 11) is -3.85. The highest BCUT2D eigenvalue weighted by molar-refractivity contribution is 7.89. The highest BCUT2D eigenvalue weighted by atomic mass is 32.2. The van der Waals surface area contributed by atoms with E-state index in [1.807, 2.05) is 54.6 Å². The summed E-state index contributed by atoms with van der Waals surface area (Å²) in [5.41, 5.74) is 3.83.